The predicted molar refractivity (Wildman–Crippen MR) is 66.2 cm³/mol. The average Bonchev–Trinajstić information content (AvgIpc) is 3.08. The fourth-order valence-electron chi connectivity index (χ4n) is 1.48. The van der Waals surface area contributed by atoms with E-state index in [4.69, 9.17) is 8.83 Å². The molecule has 0 aliphatic carbocycles. The first kappa shape index (κ1) is 12.9. The van der Waals surface area contributed by atoms with Gasteiger partial charge in [0.25, 0.3) is 5.91 Å². The number of carbonyl (C=O) groups excluding carboxylic acids is 2. The highest BCUT2D eigenvalue weighted by atomic mass is 16.3. The average molecular weight is 262 g/mol. The SMILES string of the molecule is C[C@H](NC(=O)c1ccco1)C(=O)NCc1ccco1. The van der Waals surface area contributed by atoms with E-state index in [1.54, 1.807) is 25.1 Å². The molecule has 2 aromatic rings. The van der Waals surface area contributed by atoms with Crippen molar-refractivity contribution in [1.29, 1.82) is 0 Å². The third kappa shape index (κ3) is 3.48. The zero-order chi connectivity index (χ0) is 13.7. The number of hydrogen-bond donors (Lipinski definition) is 2. The van der Waals surface area contributed by atoms with Gasteiger partial charge in [0, 0.05) is 0 Å². The Morgan fingerprint density at radius 2 is 1.95 bits per heavy atom. The van der Waals surface area contributed by atoms with E-state index in [1.807, 2.05) is 0 Å². The summed E-state index contributed by atoms with van der Waals surface area (Å²) in [6.07, 6.45) is 2.93. The van der Waals surface area contributed by atoms with Gasteiger partial charge in [-0.2, -0.15) is 0 Å². The van der Waals surface area contributed by atoms with Crippen LogP contribution in [-0.4, -0.2) is 17.9 Å². The molecule has 2 aromatic heterocycles. The molecular weight excluding hydrogens is 248 g/mol. The van der Waals surface area contributed by atoms with E-state index >= 15 is 0 Å². The molecule has 2 amide bonds. The van der Waals surface area contributed by atoms with Crippen LogP contribution in [0.5, 0.6) is 0 Å². The zero-order valence-electron chi connectivity index (χ0n) is 10.4. The number of furan rings is 2. The Morgan fingerprint density at radius 1 is 1.21 bits per heavy atom. The lowest BCUT2D eigenvalue weighted by atomic mass is 10.3. The Hall–Kier alpha value is -2.50. The van der Waals surface area contributed by atoms with Gasteiger partial charge in [0.1, 0.15) is 11.8 Å². The molecule has 6 nitrogen and oxygen atoms in total. The van der Waals surface area contributed by atoms with E-state index in [9.17, 15) is 9.59 Å². The number of amides is 2. The van der Waals surface area contributed by atoms with Crippen molar-refractivity contribution in [3.8, 4) is 0 Å². The summed E-state index contributed by atoms with van der Waals surface area (Å²) in [5, 5.41) is 5.19. The summed E-state index contributed by atoms with van der Waals surface area (Å²) in [5.41, 5.74) is 0. The van der Waals surface area contributed by atoms with Gasteiger partial charge < -0.3 is 19.5 Å². The second kappa shape index (κ2) is 5.90. The summed E-state index contributed by atoms with van der Waals surface area (Å²) in [6.45, 7) is 1.88. The molecule has 0 radical (unpaired) electrons. The van der Waals surface area contributed by atoms with E-state index in [1.165, 1.54) is 18.6 Å². The molecular formula is C13H14N2O4. The lowest BCUT2D eigenvalue weighted by molar-refractivity contribution is -0.122. The summed E-state index contributed by atoms with van der Waals surface area (Å²) >= 11 is 0. The van der Waals surface area contributed by atoms with Crippen LogP contribution >= 0.6 is 0 Å². The first-order valence-electron chi connectivity index (χ1n) is 5.81. The lowest BCUT2D eigenvalue weighted by Crippen LogP contribution is -2.44. The minimum atomic E-state index is -0.660. The van der Waals surface area contributed by atoms with Gasteiger partial charge in [0.05, 0.1) is 19.1 Å². The van der Waals surface area contributed by atoms with E-state index in [2.05, 4.69) is 10.6 Å². The smallest absolute Gasteiger partial charge is 0.287 e. The minimum absolute atomic E-state index is 0.172. The molecule has 0 aliphatic rings. The summed E-state index contributed by atoms with van der Waals surface area (Å²) in [5.74, 6) is 0.102. The summed E-state index contributed by atoms with van der Waals surface area (Å²) in [6, 6.07) is 5.97. The molecule has 2 rings (SSSR count). The van der Waals surface area contributed by atoms with E-state index in [0.717, 1.165) is 0 Å². The molecule has 6 heteroatoms. The van der Waals surface area contributed by atoms with Crippen molar-refractivity contribution in [3.05, 3.63) is 48.3 Å². The van der Waals surface area contributed by atoms with Gasteiger partial charge in [0.2, 0.25) is 5.91 Å². The molecule has 1 atom stereocenters. The maximum Gasteiger partial charge on any atom is 0.287 e. The molecule has 2 heterocycles. The summed E-state index contributed by atoms with van der Waals surface area (Å²) in [4.78, 5) is 23.4. The molecule has 0 unspecified atom stereocenters. The van der Waals surface area contributed by atoms with Crippen molar-refractivity contribution in [2.45, 2.75) is 19.5 Å². The lowest BCUT2D eigenvalue weighted by Gasteiger charge is -2.12. The van der Waals surface area contributed by atoms with Crippen LogP contribution in [0, 0.1) is 0 Å². The van der Waals surface area contributed by atoms with Gasteiger partial charge >= 0.3 is 0 Å². The van der Waals surface area contributed by atoms with Crippen LogP contribution < -0.4 is 10.6 Å². The highest BCUT2D eigenvalue weighted by Crippen LogP contribution is 2.01. The Kier molecular flexibility index (Phi) is 4.02. The molecule has 0 fully saturated rings. The molecule has 2 N–H and O–H groups in total. The second-order valence-corrected chi connectivity index (χ2v) is 3.97. The van der Waals surface area contributed by atoms with Crippen molar-refractivity contribution in [3.63, 3.8) is 0 Å². The van der Waals surface area contributed by atoms with Crippen LogP contribution in [0.25, 0.3) is 0 Å². The first-order valence-corrected chi connectivity index (χ1v) is 5.81. The topological polar surface area (TPSA) is 84.5 Å². The maximum atomic E-state index is 11.7. The molecule has 0 aliphatic heterocycles. The maximum absolute atomic E-state index is 11.7. The highest BCUT2D eigenvalue weighted by Gasteiger charge is 2.17. The number of hydrogen-bond acceptors (Lipinski definition) is 4. The Bertz CT molecular complexity index is 531. The summed E-state index contributed by atoms with van der Waals surface area (Å²) < 4.78 is 10.0. The Morgan fingerprint density at radius 3 is 2.58 bits per heavy atom. The van der Waals surface area contributed by atoms with Crippen molar-refractivity contribution in [2.75, 3.05) is 0 Å². The molecule has 0 saturated carbocycles. The molecule has 0 spiro atoms. The van der Waals surface area contributed by atoms with E-state index < -0.39 is 11.9 Å². The number of carbonyl (C=O) groups is 2. The van der Waals surface area contributed by atoms with Crippen LogP contribution in [0.1, 0.15) is 23.2 Å². The highest BCUT2D eigenvalue weighted by molar-refractivity contribution is 5.95. The fraction of sp³-hybridized carbons (Fsp3) is 0.231. The Labute approximate surface area is 109 Å². The van der Waals surface area contributed by atoms with E-state index in [0.29, 0.717) is 5.76 Å². The summed E-state index contributed by atoms with van der Waals surface area (Å²) in [7, 11) is 0. The zero-order valence-corrected chi connectivity index (χ0v) is 10.4. The van der Waals surface area contributed by atoms with Gasteiger partial charge in [0.15, 0.2) is 5.76 Å². The third-order valence-electron chi connectivity index (χ3n) is 2.50. The van der Waals surface area contributed by atoms with Crippen LogP contribution in [0.15, 0.2) is 45.6 Å². The molecule has 0 bridgehead atoms. The fourth-order valence-corrected chi connectivity index (χ4v) is 1.48. The largest absolute Gasteiger partial charge is 0.467 e. The Balaban J connectivity index is 1.80. The van der Waals surface area contributed by atoms with Crippen molar-refractivity contribution >= 4 is 11.8 Å². The number of rotatable bonds is 5. The van der Waals surface area contributed by atoms with Crippen LogP contribution in [0.2, 0.25) is 0 Å². The minimum Gasteiger partial charge on any atom is -0.467 e. The van der Waals surface area contributed by atoms with Crippen LogP contribution in [0.4, 0.5) is 0 Å². The second-order valence-electron chi connectivity index (χ2n) is 3.97. The first-order chi connectivity index (χ1) is 9.16. The van der Waals surface area contributed by atoms with Gasteiger partial charge in [-0.1, -0.05) is 0 Å². The third-order valence-corrected chi connectivity index (χ3v) is 2.50. The standard InChI is InChI=1S/C13H14N2O4/c1-9(15-13(17)11-5-3-7-19-11)12(16)14-8-10-4-2-6-18-10/h2-7,9H,8H2,1H3,(H,14,16)(H,15,17)/t9-/m0/s1. The van der Waals surface area contributed by atoms with Crippen LogP contribution in [0.3, 0.4) is 0 Å². The van der Waals surface area contributed by atoms with Crippen molar-refractivity contribution in [2.24, 2.45) is 0 Å². The van der Waals surface area contributed by atoms with Gasteiger partial charge in [-0.3, -0.25) is 9.59 Å². The van der Waals surface area contributed by atoms with Gasteiger partial charge in [-0.15, -0.1) is 0 Å². The van der Waals surface area contributed by atoms with Crippen molar-refractivity contribution < 1.29 is 18.4 Å². The van der Waals surface area contributed by atoms with Gasteiger partial charge in [-0.25, -0.2) is 0 Å². The monoisotopic (exact) mass is 262 g/mol. The van der Waals surface area contributed by atoms with Gasteiger partial charge in [-0.05, 0) is 31.2 Å². The van der Waals surface area contributed by atoms with Crippen molar-refractivity contribution in [1.82, 2.24) is 10.6 Å². The predicted octanol–water partition coefficient (Wildman–Crippen LogP) is 1.31. The normalized spacial score (nSPS) is 11.8. The van der Waals surface area contributed by atoms with Crippen LogP contribution in [-0.2, 0) is 11.3 Å². The molecule has 0 aromatic carbocycles. The molecule has 100 valence electrons. The van der Waals surface area contributed by atoms with E-state index in [-0.39, 0.29) is 18.2 Å². The number of nitrogens with one attached hydrogen (secondary N) is 2. The quantitative estimate of drug-likeness (QED) is 0.850. The molecule has 0 saturated heterocycles. The molecule has 19 heavy (non-hydrogen) atoms.